The summed E-state index contributed by atoms with van der Waals surface area (Å²) in [6.45, 7) is 4.42. The molecule has 2 heteroatoms. The molecule has 0 fully saturated rings. The molecule has 0 aromatic carbocycles. The summed E-state index contributed by atoms with van der Waals surface area (Å²) in [6, 6.07) is 4.02. The number of nitrogen functional groups attached to an aromatic ring is 1. The predicted octanol–water partition coefficient (Wildman–Crippen LogP) is 2.96. The van der Waals surface area contributed by atoms with Crippen LogP contribution in [0.1, 0.15) is 44.6 Å². The molecule has 0 amide bonds. The van der Waals surface area contributed by atoms with Crippen molar-refractivity contribution in [2.45, 2.75) is 39.0 Å². The lowest BCUT2D eigenvalue weighted by Crippen LogP contribution is -2.01. The molecule has 72 valence electrons. The van der Waals surface area contributed by atoms with Gasteiger partial charge in [0, 0.05) is 6.20 Å². The third-order valence-corrected chi connectivity index (χ3v) is 2.39. The maximum Gasteiger partial charge on any atom is 0.126 e. The van der Waals surface area contributed by atoms with Gasteiger partial charge in [0.15, 0.2) is 0 Å². The highest BCUT2D eigenvalue weighted by molar-refractivity contribution is 5.40. The van der Waals surface area contributed by atoms with E-state index < -0.39 is 0 Å². The van der Waals surface area contributed by atoms with Crippen LogP contribution >= 0.6 is 0 Å². The van der Waals surface area contributed by atoms with Crippen molar-refractivity contribution in [3.05, 3.63) is 23.9 Å². The summed E-state index contributed by atoms with van der Waals surface area (Å²) in [6.07, 6.45) is 5.44. The highest BCUT2D eigenvalue weighted by atomic mass is 14.8. The average Bonchev–Trinajstić information content (AvgIpc) is 2.15. The van der Waals surface area contributed by atoms with E-state index in [1.165, 1.54) is 24.8 Å². The molecule has 0 spiro atoms. The van der Waals surface area contributed by atoms with E-state index in [0.29, 0.717) is 11.7 Å². The van der Waals surface area contributed by atoms with Gasteiger partial charge in [-0.25, -0.2) is 4.98 Å². The highest BCUT2D eigenvalue weighted by Crippen LogP contribution is 2.24. The first-order valence-corrected chi connectivity index (χ1v) is 4.96. The molecule has 0 saturated carbocycles. The third kappa shape index (κ3) is 2.72. The second-order valence-corrected chi connectivity index (χ2v) is 3.52. The van der Waals surface area contributed by atoms with Gasteiger partial charge in [0.1, 0.15) is 5.82 Å². The zero-order valence-electron chi connectivity index (χ0n) is 8.46. The van der Waals surface area contributed by atoms with Crippen LogP contribution in [0, 0.1) is 0 Å². The van der Waals surface area contributed by atoms with Crippen molar-refractivity contribution in [2.24, 2.45) is 0 Å². The van der Waals surface area contributed by atoms with Crippen molar-refractivity contribution in [3.63, 3.8) is 0 Å². The Bertz CT molecular complexity index is 258. The molecule has 13 heavy (non-hydrogen) atoms. The number of unbranched alkanes of at least 4 members (excludes halogenated alkanes) is 1. The summed E-state index contributed by atoms with van der Waals surface area (Å²) in [5.41, 5.74) is 6.97. The van der Waals surface area contributed by atoms with Gasteiger partial charge < -0.3 is 5.73 Å². The van der Waals surface area contributed by atoms with Crippen molar-refractivity contribution < 1.29 is 0 Å². The molecule has 1 aromatic rings. The second kappa shape index (κ2) is 4.85. The quantitative estimate of drug-likeness (QED) is 0.769. The summed E-state index contributed by atoms with van der Waals surface area (Å²) in [4.78, 5) is 4.09. The van der Waals surface area contributed by atoms with Gasteiger partial charge in [-0.3, -0.25) is 0 Å². The van der Waals surface area contributed by atoms with Gasteiger partial charge in [0.2, 0.25) is 0 Å². The minimum atomic E-state index is 0.536. The molecule has 1 aromatic heterocycles. The molecule has 2 N–H and O–H groups in total. The first kappa shape index (κ1) is 10.0. The summed E-state index contributed by atoms with van der Waals surface area (Å²) in [7, 11) is 0. The summed E-state index contributed by atoms with van der Waals surface area (Å²) >= 11 is 0. The molecule has 0 aliphatic rings. The standard InChI is InChI=1S/C11H18N2/c1-3-4-6-9(2)10-7-5-8-13-11(10)12/h5,7-9H,3-4,6H2,1-2H3,(H2,12,13). The predicted molar refractivity (Wildman–Crippen MR) is 56.6 cm³/mol. The zero-order valence-corrected chi connectivity index (χ0v) is 8.46. The fourth-order valence-electron chi connectivity index (χ4n) is 1.51. The van der Waals surface area contributed by atoms with Crippen LogP contribution in [0.2, 0.25) is 0 Å². The van der Waals surface area contributed by atoms with E-state index in [9.17, 15) is 0 Å². The smallest absolute Gasteiger partial charge is 0.126 e. The first-order chi connectivity index (χ1) is 6.25. The topological polar surface area (TPSA) is 38.9 Å². The first-order valence-electron chi connectivity index (χ1n) is 4.96. The van der Waals surface area contributed by atoms with Gasteiger partial charge >= 0.3 is 0 Å². The van der Waals surface area contributed by atoms with Gasteiger partial charge in [-0.05, 0) is 24.0 Å². The Labute approximate surface area is 80.2 Å². The van der Waals surface area contributed by atoms with Crippen molar-refractivity contribution in [2.75, 3.05) is 5.73 Å². The van der Waals surface area contributed by atoms with Crippen molar-refractivity contribution >= 4 is 5.82 Å². The van der Waals surface area contributed by atoms with Crippen molar-refractivity contribution in [1.82, 2.24) is 4.98 Å². The molecule has 1 rings (SSSR count). The van der Waals surface area contributed by atoms with Gasteiger partial charge in [-0.15, -0.1) is 0 Å². The van der Waals surface area contributed by atoms with Gasteiger partial charge in [-0.2, -0.15) is 0 Å². The Kier molecular flexibility index (Phi) is 3.74. The fourth-order valence-corrected chi connectivity index (χ4v) is 1.51. The molecule has 1 unspecified atom stereocenters. The molecule has 0 saturated heterocycles. The Hall–Kier alpha value is -1.05. The lowest BCUT2D eigenvalue weighted by atomic mass is 9.96. The number of rotatable bonds is 4. The lowest BCUT2D eigenvalue weighted by molar-refractivity contribution is 0.624. The average molecular weight is 178 g/mol. The minimum Gasteiger partial charge on any atom is -0.383 e. The Balaban J connectivity index is 2.65. The van der Waals surface area contributed by atoms with Crippen LogP contribution in [0.15, 0.2) is 18.3 Å². The number of nitrogens with zero attached hydrogens (tertiary/aromatic N) is 1. The normalized spacial score (nSPS) is 12.8. The monoisotopic (exact) mass is 178 g/mol. The maximum atomic E-state index is 5.78. The van der Waals surface area contributed by atoms with Crippen LogP contribution in [0.4, 0.5) is 5.82 Å². The molecular weight excluding hydrogens is 160 g/mol. The van der Waals surface area contributed by atoms with Crippen LogP contribution in [-0.2, 0) is 0 Å². The van der Waals surface area contributed by atoms with Crippen LogP contribution in [0.3, 0.4) is 0 Å². The molecule has 0 bridgehead atoms. The van der Waals surface area contributed by atoms with E-state index in [4.69, 9.17) is 5.73 Å². The van der Waals surface area contributed by atoms with Crippen molar-refractivity contribution in [3.8, 4) is 0 Å². The van der Waals surface area contributed by atoms with E-state index in [1.54, 1.807) is 6.20 Å². The number of aromatic nitrogens is 1. The van der Waals surface area contributed by atoms with Crippen LogP contribution in [0.5, 0.6) is 0 Å². The van der Waals surface area contributed by atoms with E-state index in [1.807, 2.05) is 6.07 Å². The van der Waals surface area contributed by atoms with Crippen LogP contribution in [-0.4, -0.2) is 4.98 Å². The van der Waals surface area contributed by atoms with Gasteiger partial charge in [0.05, 0.1) is 0 Å². The van der Waals surface area contributed by atoms with Gasteiger partial charge in [0.25, 0.3) is 0 Å². The number of hydrogen-bond donors (Lipinski definition) is 1. The maximum absolute atomic E-state index is 5.78. The largest absolute Gasteiger partial charge is 0.383 e. The fraction of sp³-hybridized carbons (Fsp3) is 0.545. The number of hydrogen-bond acceptors (Lipinski definition) is 2. The Morgan fingerprint density at radius 1 is 1.54 bits per heavy atom. The lowest BCUT2D eigenvalue weighted by Gasteiger charge is -2.12. The van der Waals surface area contributed by atoms with E-state index in [0.717, 1.165) is 0 Å². The van der Waals surface area contributed by atoms with Crippen LogP contribution < -0.4 is 5.73 Å². The summed E-state index contributed by atoms with van der Waals surface area (Å²) in [5.74, 6) is 1.22. The second-order valence-electron chi connectivity index (χ2n) is 3.52. The molecule has 1 heterocycles. The molecule has 0 aliphatic carbocycles. The minimum absolute atomic E-state index is 0.536. The van der Waals surface area contributed by atoms with E-state index in [2.05, 4.69) is 24.9 Å². The number of anilines is 1. The number of pyridine rings is 1. The van der Waals surface area contributed by atoms with E-state index in [-0.39, 0.29) is 0 Å². The Morgan fingerprint density at radius 3 is 2.92 bits per heavy atom. The third-order valence-electron chi connectivity index (χ3n) is 2.39. The zero-order chi connectivity index (χ0) is 9.68. The molecule has 0 radical (unpaired) electrons. The molecule has 2 nitrogen and oxygen atoms in total. The summed E-state index contributed by atoms with van der Waals surface area (Å²) < 4.78 is 0. The molecule has 0 aliphatic heterocycles. The molecule has 1 atom stereocenters. The highest BCUT2D eigenvalue weighted by Gasteiger charge is 2.07. The Morgan fingerprint density at radius 2 is 2.31 bits per heavy atom. The summed E-state index contributed by atoms with van der Waals surface area (Å²) in [5, 5.41) is 0. The van der Waals surface area contributed by atoms with Crippen molar-refractivity contribution in [1.29, 1.82) is 0 Å². The SMILES string of the molecule is CCCCC(C)c1cccnc1N. The van der Waals surface area contributed by atoms with E-state index >= 15 is 0 Å². The van der Waals surface area contributed by atoms with Gasteiger partial charge in [-0.1, -0.05) is 32.8 Å². The number of nitrogens with two attached hydrogens (primary N) is 1. The van der Waals surface area contributed by atoms with Crippen LogP contribution in [0.25, 0.3) is 0 Å². The molecular formula is C11H18N2.